The molecule has 20 heavy (non-hydrogen) atoms. The predicted molar refractivity (Wildman–Crippen MR) is 82.6 cm³/mol. The second-order valence-corrected chi connectivity index (χ2v) is 5.60. The highest BCUT2D eigenvalue weighted by atomic mass is 16.4. The van der Waals surface area contributed by atoms with Gasteiger partial charge in [-0.15, -0.1) is 0 Å². The Morgan fingerprint density at radius 1 is 1.40 bits per heavy atom. The van der Waals surface area contributed by atoms with Crippen LogP contribution >= 0.6 is 0 Å². The number of amidine groups is 1. The minimum atomic E-state index is 0.170. The van der Waals surface area contributed by atoms with Gasteiger partial charge >= 0.3 is 0 Å². The fourth-order valence-electron chi connectivity index (χ4n) is 2.95. The van der Waals surface area contributed by atoms with Crippen LogP contribution in [0, 0.1) is 6.92 Å². The van der Waals surface area contributed by atoms with Gasteiger partial charge in [0.05, 0.1) is 5.69 Å². The van der Waals surface area contributed by atoms with Crippen molar-refractivity contribution >= 4 is 11.5 Å². The molecule has 1 fully saturated rings. The molecule has 0 aromatic heterocycles. The summed E-state index contributed by atoms with van der Waals surface area (Å²) in [5.41, 5.74) is 8.83. The Hall–Kier alpha value is -1.75. The smallest absolute Gasteiger partial charge is 0.172 e. The highest BCUT2D eigenvalue weighted by Gasteiger charge is 2.24. The molecule has 0 atom stereocenters. The van der Waals surface area contributed by atoms with E-state index in [4.69, 9.17) is 10.9 Å². The molecule has 0 bridgehead atoms. The monoisotopic (exact) mass is 276 g/mol. The number of anilines is 1. The van der Waals surface area contributed by atoms with E-state index in [9.17, 15) is 0 Å². The van der Waals surface area contributed by atoms with E-state index >= 15 is 0 Å². The van der Waals surface area contributed by atoms with Crippen LogP contribution in [0.1, 0.15) is 24.0 Å². The first-order valence-electron chi connectivity index (χ1n) is 7.03. The third kappa shape index (κ3) is 2.88. The standard InChI is InChI=1S/C15H24N4O/c1-11-5-4-6-13(15(16)17-20)14(11)19(3)12-7-9-18(2)10-8-12/h4-6,12,20H,7-10H2,1-3H3,(H2,16,17). The summed E-state index contributed by atoms with van der Waals surface area (Å²) in [7, 11) is 4.26. The van der Waals surface area contributed by atoms with Gasteiger partial charge in [0.1, 0.15) is 0 Å². The molecule has 2 rings (SSSR count). The third-order valence-electron chi connectivity index (χ3n) is 4.21. The summed E-state index contributed by atoms with van der Waals surface area (Å²) in [5.74, 6) is 0.170. The number of nitrogens with two attached hydrogens (primary N) is 1. The van der Waals surface area contributed by atoms with Crippen LogP contribution in [-0.4, -0.2) is 49.2 Å². The number of hydrogen-bond acceptors (Lipinski definition) is 4. The molecule has 110 valence electrons. The SMILES string of the molecule is Cc1cccc(/C(N)=N/O)c1N(C)C1CCN(C)CC1. The Labute approximate surface area is 120 Å². The van der Waals surface area contributed by atoms with Crippen LogP contribution < -0.4 is 10.6 Å². The van der Waals surface area contributed by atoms with E-state index in [0.29, 0.717) is 6.04 Å². The van der Waals surface area contributed by atoms with Gasteiger partial charge in [-0.25, -0.2) is 0 Å². The molecule has 0 radical (unpaired) electrons. The quantitative estimate of drug-likeness (QED) is 0.381. The maximum absolute atomic E-state index is 8.97. The van der Waals surface area contributed by atoms with Crippen LogP contribution in [0.15, 0.2) is 23.4 Å². The van der Waals surface area contributed by atoms with Crippen molar-refractivity contribution in [2.75, 3.05) is 32.1 Å². The molecular weight excluding hydrogens is 252 g/mol. The van der Waals surface area contributed by atoms with E-state index in [1.165, 1.54) is 0 Å². The summed E-state index contributed by atoms with van der Waals surface area (Å²) < 4.78 is 0. The molecule has 0 saturated carbocycles. The molecule has 1 aliphatic rings. The van der Waals surface area contributed by atoms with Crippen molar-refractivity contribution in [1.29, 1.82) is 0 Å². The lowest BCUT2D eigenvalue weighted by molar-refractivity contribution is 0.253. The largest absolute Gasteiger partial charge is 0.409 e. The first-order valence-corrected chi connectivity index (χ1v) is 7.03. The Balaban J connectivity index is 2.31. The lowest BCUT2D eigenvalue weighted by Crippen LogP contribution is -2.42. The van der Waals surface area contributed by atoms with E-state index in [-0.39, 0.29) is 5.84 Å². The van der Waals surface area contributed by atoms with Crippen molar-refractivity contribution in [2.24, 2.45) is 10.9 Å². The summed E-state index contributed by atoms with van der Waals surface area (Å²) in [6.07, 6.45) is 2.27. The maximum Gasteiger partial charge on any atom is 0.172 e. The highest BCUT2D eigenvalue weighted by Crippen LogP contribution is 2.28. The van der Waals surface area contributed by atoms with Crippen LogP contribution in [0.5, 0.6) is 0 Å². The van der Waals surface area contributed by atoms with Crippen LogP contribution in [0.2, 0.25) is 0 Å². The predicted octanol–water partition coefficient (Wildman–Crippen LogP) is 1.62. The molecule has 0 spiro atoms. The van der Waals surface area contributed by atoms with Gasteiger partial charge in [-0.1, -0.05) is 17.3 Å². The fraction of sp³-hybridized carbons (Fsp3) is 0.533. The zero-order chi connectivity index (χ0) is 14.7. The van der Waals surface area contributed by atoms with Crippen molar-refractivity contribution < 1.29 is 5.21 Å². The minimum absolute atomic E-state index is 0.170. The van der Waals surface area contributed by atoms with Crippen LogP contribution in [0.4, 0.5) is 5.69 Å². The third-order valence-corrected chi connectivity index (χ3v) is 4.21. The zero-order valence-electron chi connectivity index (χ0n) is 12.5. The number of hydrogen-bond donors (Lipinski definition) is 2. The average molecular weight is 276 g/mol. The van der Waals surface area contributed by atoms with Crippen LogP contribution in [0.25, 0.3) is 0 Å². The van der Waals surface area contributed by atoms with Crippen LogP contribution in [0.3, 0.4) is 0 Å². The molecule has 3 N–H and O–H groups in total. The average Bonchev–Trinajstić information content (AvgIpc) is 2.46. The van der Waals surface area contributed by atoms with E-state index in [2.05, 4.69) is 42.0 Å². The lowest BCUT2D eigenvalue weighted by atomic mass is 10.00. The van der Waals surface area contributed by atoms with Gasteiger partial charge in [-0.2, -0.15) is 0 Å². The van der Waals surface area contributed by atoms with E-state index < -0.39 is 0 Å². The van der Waals surface area contributed by atoms with Crippen molar-refractivity contribution in [1.82, 2.24) is 4.90 Å². The molecule has 5 heteroatoms. The Morgan fingerprint density at radius 2 is 2.05 bits per heavy atom. The molecule has 1 aromatic rings. The Morgan fingerprint density at radius 3 is 2.65 bits per heavy atom. The van der Waals surface area contributed by atoms with E-state index in [1.807, 2.05) is 12.1 Å². The van der Waals surface area contributed by atoms with Crippen molar-refractivity contribution in [2.45, 2.75) is 25.8 Å². The second-order valence-electron chi connectivity index (χ2n) is 5.60. The number of para-hydroxylation sites is 1. The minimum Gasteiger partial charge on any atom is -0.409 e. The van der Waals surface area contributed by atoms with Gasteiger partial charge in [0.2, 0.25) is 0 Å². The molecule has 0 amide bonds. The van der Waals surface area contributed by atoms with E-state index in [0.717, 1.165) is 42.7 Å². The molecule has 1 aliphatic heterocycles. The van der Waals surface area contributed by atoms with Crippen molar-refractivity contribution in [3.05, 3.63) is 29.3 Å². The zero-order valence-corrected chi connectivity index (χ0v) is 12.5. The van der Waals surface area contributed by atoms with Crippen molar-refractivity contribution in [3.8, 4) is 0 Å². The summed E-state index contributed by atoms with van der Waals surface area (Å²) in [5, 5.41) is 12.1. The molecule has 1 aromatic carbocycles. The fourth-order valence-corrected chi connectivity index (χ4v) is 2.95. The Kier molecular flexibility index (Phi) is 4.49. The summed E-state index contributed by atoms with van der Waals surface area (Å²) in [4.78, 5) is 4.64. The van der Waals surface area contributed by atoms with Gasteiger partial charge in [0.25, 0.3) is 0 Å². The second kappa shape index (κ2) is 6.13. The molecule has 0 aliphatic carbocycles. The number of benzene rings is 1. The molecule has 0 unspecified atom stereocenters. The summed E-state index contributed by atoms with van der Waals surface area (Å²) >= 11 is 0. The number of oxime groups is 1. The molecular formula is C15H24N4O. The first-order chi connectivity index (χ1) is 9.54. The van der Waals surface area contributed by atoms with Crippen molar-refractivity contribution in [3.63, 3.8) is 0 Å². The highest BCUT2D eigenvalue weighted by molar-refractivity contribution is 6.02. The first kappa shape index (κ1) is 14.7. The number of likely N-dealkylation sites (tertiary alicyclic amines) is 1. The van der Waals surface area contributed by atoms with E-state index in [1.54, 1.807) is 0 Å². The molecule has 5 nitrogen and oxygen atoms in total. The Bertz CT molecular complexity index is 493. The number of aryl methyl sites for hydroxylation is 1. The number of piperidine rings is 1. The van der Waals surface area contributed by atoms with Gasteiger partial charge in [-0.3, -0.25) is 0 Å². The van der Waals surface area contributed by atoms with Crippen LogP contribution in [-0.2, 0) is 0 Å². The maximum atomic E-state index is 8.97. The van der Waals surface area contributed by atoms with Gasteiger partial charge in [0.15, 0.2) is 5.84 Å². The number of nitrogens with zero attached hydrogens (tertiary/aromatic N) is 3. The van der Waals surface area contributed by atoms with Gasteiger partial charge in [0, 0.05) is 18.7 Å². The molecule has 1 heterocycles. The van der Waals surface area contributed by atoms with Gasteiger partial charge < -0.3 is 20.7 Å². The summed E-state index contributed by atoms with van der Waals surface area (Å²) in [6.45, 7) is 4.29. The van der Waals surface area contributed by atoms with Gasteiger partial charge in [-0.05, 0) is 51.5 Å². The lowest BCUT2D eigenvalue weighted by Gasteiger charge is -2.37. The molecule has 1 saturated heterocycles. The summed E-state index contributed by atoms with van der Waals surface area (Å²) in [6, 6.07) is 6.41. The topological polar surface area (TPSA) is 65.1 Å². The normalized spacial score (nSPS) is 18.2. The number of rotatable bonds is 3.